The molecule has 0 N–H and O–H groups in total. The molecule has 0 saturated carbocycles. The van der Waals surface area contributed by atoms with Crippen molar-refractivity contribution in [1.29, 1.82) is 0 Å². The third kappa shape index (κ3) is 3.56. The zero-order valence-corrected chi connectivity index (χ0v) is 15.4. The smallest absolute Gasteiger partial charge is 0.332 e. The van der Waals surface area contributed by atoms with E-state index in [0.717, 1.165) is 25.7 Å². The molecule has 0 bridgehead atoms. The van der Waals surface area contributed by atoms with Crippen LogP contribution in [0.1, 0.15) is 25.7 Å². The first kappa shape index (κ1) is 18.0. The maximum atomic E-state index is 12.8. The molecule has 7 nitrogen and oxygen atoms in total. The molecule has 0 radical (unpaired) electrons. The molecule has 0 unspecified atom stereocenters. The minimum absolute atomic E-state index is 0.00824. The van der Waals surface area contributed by atoms with Crippen LogP contribution in [0.2, 0.25) is 0 Å². The van der Waals surface area contributed by atoms with Crippen molar-refractivity contribution in [3.05, 3.63) is 30.3 Å². The second kappa shape index (κ2) is 7.68. The average Bonchev–Trinajstić information content (AvgIpc) is 3.03. The van der Waals surface area contributed by atoms with Crippen molar-refractivity contribution in [2.75, 3.05) is 37.7 Å². The lowest BCUT2D eigenvalue weighted by Crippen LogP contribution is -2.49. The van der Waals surface area contributed by atoms with E-state index >= 15 is 0 Å². The average molecular weight is 371 g/mol. The highest BCUT2D eigenvalue weighted by molar-refractivity contribution is 6.19. The summed E-state index contributed by atoms with van der Waals surface area (Å²) in [7, 11) is 0. The molecule has 1 aromatic carbocycles. The second-order valence-corrected chi connectivity index (χ2v) is 7.42. The number of nitrogens with zero attached hydrogens (tertiary/aromatic N) is 3. The fourth-order valence-electron chi connectivity index (χ4n) is 4.24. The molecule has 0 atom stereocenters. The van der Waals surface area contributed by atoms with Crippen LogP contribution in [0.25, 0.3) is 0 Å². The number of carbonyl (C=O) groups is 3. The van der Waals surface area contributed by atoms with E-state index in [1.54, 1.807) is 17.0 Å². The molecule has 3 aliphatic rings. The monoisotopic (exact) mass is 371 g/mol. The van der Waals surface area contributed by atoms with Crippen molar-refractivity contribution < 1.29 is 19.1 Å². The van der Waals surface area contributed by atoms with E-state index in [-0.39, 0.29) is 36.3 Å². The molecule has 0 spiro atoms. The Morgan fingerprint density at radius 2 is 1.63 bits per heavy atom. The Morgan fingerprint density at radius 3 is 2.30 bits per heavy atom. The number of hydrogen-bond acceptors (Lipinski definition) is 4. The molecule has 27 heavy (non-hydrogen) atoms. The van der Waals surface area contributed by atoms with Gasteiger partial charge >= 0.3 is 6.03 Å². The van der Waals surface area contributed by atoms with Gasteiger partial charge in [0, 0.05) is 38.3 Å². The van der Waals surface area contributed by atoms with E-state index in [0.29, 0.717) is 32.0 Å². The number of urea groups is 1. The van der Waals surface area contributed by atoms with Gasteiger partial charge in [0.1, 0.15) is 6.54 Å². The van der Waals surface area contributed by atoms with E-state index in [4.69, 9.17) is 4.74 Å². The van der Waals surface area contributed by atoms with Crippen molar-refractivity contribution in [2.45, 2.75) is 31.7 Å². The zero-order chi connectivity index (χ0) is 18.8. The first-order valence-electron chi connectivity index (χ1n) is 9.70. The number of rotatable bonds is 3. The number of para-hydroxylation sites is 1. The molecule has 3 aliphatic heterocycles. The minimum atomic E-state index is -0.250. The van der Waals surface area contributed by atoms with E-state index in [2.05, 4.69) is 0 Å². The van der Waals surface area contributed by atoms with Gasteiger partial charge in [-0.2, -0.15) is 0 Å². The van der Waals surface area contributed by atoms with E-state index in [1.807, 2.05) is 23.1 Å². The van der Waals surface area contributed by atoms with Crippen LogP contribution >= 0.6 is 0 Å². The highest BCUT2D eigenvalue weighted by atomic mass is 16.5. The lowest BCUT2D eigenvalue weighted by molar-refractivity contribution is -0.140. The van der Waals surface area contributed by atoms with Gasteiger partial charge in [0.25, 0.3) is 5.91 Å². The zero-order valence-electron chi connectivity index (χ0n) is 15.4. The van der Waals surface area contributed by atoms with Gasteiger partial charge in [0.2, 0.25) is 5.91 Å². The van der Waals surface area contributed by atoms with Crippen LogP contribution in [0.5, 0.6) is 0 Å². The number of hydrogen-bond donors (Lipinski definition) is 0. The summed E-state index contributed by atoms with van der Waals surface area (Å²) in [6.45, 7) is 2.72. The summed E-state index contributed by atoms with van der Waals surface area (Å²) in [6, 6.07) is 8.80. The van der Waals surface area contributed by atoms with Crippen molar-refractivity contribution >= 4 is 23.5 Å². The van der Waals surface area contributed by atoms with E-state index in [9.17, 15) is 14.4 Å². The summed E-state index contributed by atoms with van der Waals surface area (Å²) < 4.78 is 5.34. The third-order valence-electron chi connectivity index (χ3n) is 5.79. The van der Waals surface area contributed by atoms with Crippen LogP contribution in [0.3, 0.4) is 0 Å². The maximum Gasteiger partial charge on any atom is 0.332 e. The summed E-state index contributed by atoms with van der Waals surface area (Å²) in [5.74, 6) is 0.0947. The number of benzene rings is 1. The van der Waals surface area contributed by atoms with Crippen LogP contribution in [0, 0.1) is 5.92 Å². The SMILES string of the molecule is O=C(C1CCOCC1)N1CCC(N2CC(=O)N(c3ccccc3)C2=O)CC1. The standard InChI is InChI=1S/C20H25N3O4/c24-18-14-22(20(26)23(18)17-4-2-1-3-5-17)16-6-10-21(11-7-16)19(25)15-8-12-27-13-9-15/h1-5,15-16H,6-14H2. The Kier molecular flexibility index (Phi) is 5.11. The molecule has 1 aromatic rings. The molecule has 3 heterocycles. The van der Waals surface area contributed by atoms with Gasteiger partial charge in [0.05, 0.1) is 5.69 Å². The topological polar surface area (TPSA) is 70.2 Å². The van der Waals surface area contributed by atoms with Crippen LogP contribution in [-0.2, 0) is 14.3 Å². The summed E-state index contributed by atoms with van der Waals surface area (Å²) in [5, 5.41) is 0. The molecular formula is C20H25N3O4. The van der Waals surface area contributed by atoms with Gasteiger partial charge in [-0.1, -0.05) is 18.2 Å². The minimum Gasteiger partial charge on any atom is -0.381 e. The predicted octanol–water partition coefficient (Wildman–Crippen LogP) is 1.87. The van der Waals surface area contributed by atoms with Crippen LogP contribution in [-0.4, -0.2) is 66.5 Å². The van der Waals surface area contributed by atoms with Crippen LogP contribution in [0.15, 0.2) is 30.3 Å². The summed E-state index contributed by atoms with van der Waals surface area (Å²) in [4.78, 5) is 42.7. The molecule has 7 heteroatoms. The largest absolute Gasteiger partial charge is 0.381 e. The number of amides is 4. The van der Waals surface area contributed by atoms with Gasteiger partial charge in [-0.3, -0.25) is 9.59 Å². The number of imide groups is 1. The molecule has 4 rings (SSSR count). The van der Waals surface area contributed by atoms with Gasteiger partial charge in [-0.15, -0.1) is 0 Å². The molecule has 4 amide bonds. The quantitative estimate of drug-likeness (QED) is 0.761. The van der Waals surface area contributed by atoms with Crippen LogP contribution in [0.4, 0.5) is 10.5 Å². The van der Waals surface area contributed by atoms with Gasteiger partial charge in [-0.05, 0) is 37.8 Å². The number of carbonyl (C=O) groups excluding carboxylic acids is 3. The fraction of sp³-hybridized carbons (Fsp3) is 0.550. The molecule has 3 fully saturated rings. The molecule has 3 saturated heterocycles. The van der Waals surface area contributed by atoms with E-state index < -0.39 is 0 Å². The van der Waals surface area contributed by atoms with Crippen LogP contribution < -0.4 is 4.90 Å². The lowest BCUT2D eigenvalue weighted by Gasteiger charge is -2.38. The number of anilines is 1. The van der Waals surface area contributed by atoms with E-state index in [1.165, 1.54) is 4.90 Å². The number of ether oxygens (including phenoxy) is 1. The molecule has 0 aliphatic carbocycles. The number of likely N-dealkylation sites (tertiary alicyclic amines) is 1. The summed E-state index contributed by atoms with van der Waals surface area (Å²) in [5.41, 5.74) is 0.613. The van der Waals surface area contributed by atoms with Gasteiger partial charge in [-0.25, -0.2) is 9.69 Å². The maximum absolute atomic E-state index is 12.8. The highest BCUT2D eigenvalue weighted by Gasteiger charge is 2.42. The number of piperidine rings is 1. The third-order valence-corrected chi connectivity index (χ3v) is 5.79. The van der Waals surface area contributed by atoms with Crippen molar-refractivity contribution in [3.8, 4) is 0 Å². The molecular weight excluding hydrogens is 346 g/mol. The summed E-state index contributed by atoms with van der Waals surface area (Å²) in [6.07, 6.45) is 3.03. The fourth-order valence-corrected chi connectivity index (χ4v) is 4.24. The van der Waals surface area contributed by atoms with Gasteiger partial charge < -0.3 is 14.5 Å². The predicted molar refractivity (Wildman–Crippen MR) is 99.2 cm³/mol. The Bertz CT molecular complexity index is 709. The Morgan fingerprint density at radius 1 is 0.963 bits per heavy atom. The molecule has 144 valence electrons. The first-order valence-corrected chi connectivity index (χ1v) is 9.70. The van der Waals surface area contributed by atoms with Crippen molar-refractivity contribution in [3.63, 3.8) is 0 Å². The van der Waals surface area contributed by atoms with Crippen molar-refractivity contribution in [2.24, 2.45) is 5.92 Å². The Hall–Kier alpha value is -2.41. The van der Waals surface area contributed by atoms with Gasteiger partial charge in [0.15, 0.2) is 0 Å². The molecule has 0 aromatic heterocycles. The first-order chi connectivity index (χ1) is 13.1. The van der Waals surface area contributed by atoms with Crippen molar-refractivity contribution in [1.82, 2.24) is 9.80 Å². The summed E-state index contributed by atoms with van der Waals surface area (Å²) >= 11 is 0. The normalized spacial score (nSPS) is 22.6. The second-order valence-electron chi connectivity index (χ2n) is 7.42. The lowest BCUT2D eigenvalue weighted by atomic mass is 9.96. The Balaban J connectivity index is 1.36. The highest BCUT2D eigenvalue weighted by Crippen LogP contribution is 2.27. The Labute approximate surface area is 158 Å².